The topological polar surface area (TPSA) is 113 Å². The summed E-state index contributed by atoms with van der Waals surface area (Å²) in [5.41, 5.74) is 0. The Kier molecular flexibility index (Phi) is 5.10. The quantitative estimate of drug-likeness (QED) is 0.702. The summed E-state index contributed by atoms with van der Waals surface area (Å²) in [6.45, 7) is 2.73. The SMILES string of the molecule is CCCNc1ncc(S(=O)(=O)NCc2ncn[nH]2)cc1Cl. The predicted octanol–water partition coefficient (Wildman–Crippen LogP) is 1.15. The number of halogens is 1. The summed E-state index contributed by atoms with van der Waals surface area (Å²) in [4.78, 5) is 7.86. The van der Waals surface area contributed by atoms with Gasteiger partial charge in [-0.1, -0.05) is 18.5 Å². The first-order chi connectivity index (χ1) is 10.0. The highest BCUT2D eigenvalue weighted by Gasteiger charge is 2.17. The highest BCUT2D eigenvalue weighted by Crippen LogP contribution is 2.22. The number of hydrogen-bond acceptors (Lipinski definition) is 6. The summed E-state index contributed by atoms with van der Waals surface area (Å²) in [6.07, 6.45) is 3.47. The molecule has 0 unspecified atom stereocenters. The van der Waals surface area contributed by atoms with Crippen molar-refractivity contribution in [3.05, 3.63) is 29.4 Å². The van der Waals surface area contributed by atoms with E-state index in [1.165, 1.54) is 18.6 Å². The molecule has 0 atom stereocenters. The maximum absolute atomic E-state index is 12.1. The Morgan fingerprint density at radius 2 is 2.19 bits per heavy atom. The largest absolute Gasteiger partial charge is 0.369 e. The van der Waals surface area contributed by atoms with Gasteiger partial charge < -0.3 is 5.32 Å². The minimum Gasteiger partial charge on any atom is -0.369 e. The zero-order valence-corrected chi connectivity index (χ0v) is 12.9. The molecule has 2 heterocycles. The van der Waals surface area contributed by atoms with E-state index < -0.39 is 10.0 Å². The lowest BCUT2D eigenvalue weighted by Gasteiger charge is -2.09. The van der Waals surface area contributed by atoms with Crippen LogP contribution in [0.2, 0.25) is 5.02 Å². The van der Waals surface area contributed by atoms with E-state index in [1.54, 1.807) is 0 Å². The number of hydrogen-bond donors (Lipinski definition) is 3. The minimum atomic E-state index is -3.71. The molecule has 0 aromatic carbocycles. The summed E-state index contributed by atoms with van der Waals surface area (Å²) in [5, 5.41) is 9.47. The van der Waals surface area contributed by atoms with Crippen LogP contribution in [0.3, 0.4) is 0 Å². The maximum atomic E-state index is 12.1. The second kappa shape index (κ2) is 6.83. The second-order valence-electron chi connectivity index (χ2n) is 4.18. The third-order valence-corrected chi connectivity index (χ3v) is 4.22. The molecule has 2 rings (SSSR count). The average molecular weight is 331 g/mol. The van der Waals surface area contributed by atoms with E-state index in [2.05, 4.69) is 30.2 Å². The number of aromatic amines is 1. The summed E-state index contributed by atoms with van der Waals surface area (Å²) < 4.78 is 26.6. The molecule has 0 aliphatic heterocycles. The molecular formula is C11H15ClN6O2S. The summed E-state index contributed by atoms with van der Waals surface area (Å²) in [6, 6.07) is 1.36. The molecule has 8 nitrogen and oxygen atoms in total. The molecule has 0 fully saturated rings. The van der Waals surface area contributed by atoms with Crippen LogP contribution in [0.15, 0.2) is 23.5 Å². The lowest BCUT2D eigenvalue weighted by Crippen LogP contribution is -2.24. The van der Waals surface area contributed by atoms with Crippen molar-refractivity contribution in [3.8, 4) is 0 Å². The summed E-state index contributed by atoms with van der Waals surface area (Å²) in [5.74, 6) is 0.881. The van der Waals surface area contributed by atoms with E-state index in [-0.39, 0.29) is 16.5 Å². The molecule has 0 aliphatic rings. The Hall–Kier alpha value is -1.71. The summed E-state index contributed by atoms with van der Waals surface area (Å²) >= 11 is 6.03. The molecule has 114 valence electrons. The van der Waals surface area contributed by atoms with Gasteiger partial charge in [0.25, 0.3) is 0 Å². The third-order valence-electron chi connectivity index (χ3n) is 2.56. The lowest BCUT2D eigenvalue weighted by atomic mass is 10.4. The van der Waals surface area contributed by atoms with Crippen molar-refractivity contribution in [2.45, 2.75) is 24.8 Å². The average Bonchev–Trinajstić information content (AvgIpc) is 2.97. The van der Waals surface area contributed by atoms with Crippen molar-refractivity contribution in [1.29, 1.82) is 0 Å². The molecule has 10 heteroatoms. The van der Waals surface area contributed by atoms with Crippen molar-refractivity contribution in [3.63, 3.8) is 0 Å². The van der Waals surface area contributed by atoms with Gasteiger partial charge in [0.1, 0.15) is 22.9 Å². The van der Waals surface area contributed by atoms with Crippen molar-refractivity contribution >= 4 is 27.4 Å². The van der Waals surface area contributed by atoms with Gasteiger partial charge >= 0.3 is 0 Å². The Labute approximate surface area is 127 Å². The number of H-pyrrole nitrogens is 1. The van der Waals surface area contributed by atoms with Crippen LogP contribution in [-0.2, 0) is 16.6 Å². The van der Waals surface area contributed by atoms with Gasteiger partial charge in [-0.3, -0.25) is 5.10 Å². The van der Waals surface area contributed by atoms with Crippen LogP contribution in [0.25, 0.3) is 0 Å². The first-order valence-electron chi connectivity index (χ1n) is 6.26. The Bertz CT molecular complexity index is 689. The fourth-order valence-corrected chi connectivity index (χ4v) is 2.76. The number of pyridine rings is 1. The van der Waals surface area contributed by atoms with Crippen LogP contribution in [0.1, 0.15) is 19.2 Å². The molecule has 2 aromatic rings. The van der Waals surface area contributed by atoms with Crippen LogP contribution in [0.5, 0.6) is 0 Å². The van der Waals surface area contributed by atoms with E-state index in [0.29, 0.717) is 18.2 Å². The number of rotatable bonds is 7. The molecule has 21 heavy (non-hydrogen) atoms. The molecule has 0 saturated heterocycles. The van der Waals surface area contributed by atoms with Crippen LogP contribution < -0.4 is 10.0 Å². The fourth-order valence-electron chi connectivity index (χ4n) is 1.50. The molecule has 0 bridgehead atoms. The van der Waals surface area contributed by atoms with Crippen LogP contribution in [0, 0.1) is 0 Å². The minimum absolute atomic E-state index is 0.00550. The van der Waals surface area contributed by atoms with Crippen molar-refractivity contribution in [1.82, 2.24) is 24.9 Å². The second-order valence-corrected chi connectivity index (χ2v) is 6.36. The molecule has 0 amide bonds. The van der Waals surface area contributed by atoms with Gasteiger partial charge in [0, 0.05) is 12.7 Å². The number of nitrogens with one attached hydrogen (secondary N) is 3. The Balaban J connectivity index is 2.10. The summed E-state index contributed by atoms with van der Waals surface area (Å²) in [7, 11) is -3.71. The monoisotopic (exact) mass is 330 g/mol. The fraction of sp³-hybridized carbons (Fsp3) is 0.364. The molecule has 0 aliphatic carbocycles. The van der Waals surface area contributed by atoms with Crippen molar-refractivity contribution in [2.24, 2.45) is 0 Å². The van der Waals surface area contributed by atoms with E-state index in [9.17, 15) is 8.42 Å². The van der Waals surface area contributed by atoms with Crippen LogP contribution in [-0.4, -0.2) is 35.1 Å². The normalized spacial score (nSPS) is 11.5. The highest BCUT2D eigenvalue weighted by molar-refractivity contribution is 7.89. The lowest BCUT2D eigenvalue weighted by molar-refractivity contribution is 0.579. The molecule has 0 saturated carbocycles. The first kappa shape index (κ1) is 15.7. The first-order valence-corrected chi connectivity index (χ1v) is 8.12. The third kappa shape index (κ3) is 4.13. The number of aromatic nitrogens is 4. The predicted molar refractivity (Wildman–Crippen MR) is 78.4 cm³/mol. The number of anilines is 1. The number of sulfonamides is 1. The van der Waals surface area contributed by atoms with E-state index >= 15 is 0 Å². The van der Waals surface area contributed by atoms with E-state index in [0.717, 1.165) is 6.42 Å². The molecule has 2 aromatic heterocycles. The van der Waals surface area contributed by atoms with Gasteiger partial charge in [0.05, 0.1) is 11.6 Å². The van der Waals surface area contributed by atoms with Gasteiger partial charge in [-0.25, -0.2) is 23.1 Å². The number of nitrogens with zero attached hydrogens (tertiary/aromatic N) is 3. The zero-order valence-electron chi connectivity index (χ0n) is 11.3. The Morgan fingerprint density at radius 3 is 2.81 bits per heavy atom. The smallest absolute Gasteiger partial charge is 0.242 e. The molecule has 3 N–H and O–H groups in total. The van der Waals surface area contributed by atoms with Crippen LogP contribution in [0.4, 0.5) is 5.82 Å². The van der Waals surface area contributed by atoms with Gasteiger partial charge in [-0.15, -0.1) is 0 Å². The zero-order chi connectivity index (χ0) is 15.3. The van der Waals surface area contributed by atoms with Crippen LogP contribution >= 0.6 is 11.6 Å². The molecular weight excluding hydrogens is 316 g/mol. The standard InChI is InChI=1S/C11H15ClN6O2S/c1-2-3-13-11-9(12)4-8(5-14-11)21(19,20)17-6-10-15-7-16-18-10/h4-5,7,17H,2-3,6H2,1H3,(H,13,14)(H,15,16,18). The highest BCUT2D eigenvalue weighted by atomic mass is 35.5. The van der Waals surface area contributed by atoms with Gasteiger partial charge in [0.15, 0.2) is 0 Å². The van der Waals surface area contributed by atoms with Crippen molar-refractivity contribution < 1.29 is 8.42 Å². The molecule has 0 radical (unpaired) electrons. The van der Waals surface area contributed by atoms with Gasteiger partial charge in [-0.2, -0.15) is 5.10 Å². The Morgan fingerprint density at radius 1 is 1.38 bits per heavy atom. The van der Waals surface area contributed by atoms with E-state index in [4.69, 9.17) is 11.6 Å². The van der Waals surface area contributed by atoms with E-state index in [1.807, 2.05) is 6.92 Å². The molecule has 0 spiro atoms. The van der Waals surface area contributed by atoms with Gasteiger partial charge in [0.2, 0.25) is 10.0 Å². The van der Waals surface area contributed by atoms with Crippen molar-refractivity contribution in [2.75, 3.05) is 11.9 Å². The maximum Gasteiger partial charge on any atom is 0.242 e. The van der Waals surface area contributed by atoms with Gasteiger partial charge in [-0.05, 0) is 12.5 Å².